The van der Waals surface area contributed by atoms with Crippen LogP contribution in [-0.4, -0.2) is 30.3 Å². The Morgan fingerprint density at radius 1 is 1.07 bits per heavy atom. The third-order valence-corrected chi connectivity index (χ3v) is 5.47. The van der Waals surface area contributed by atoms with Gasteiger partial charge in [-0.15, -0.1) is 0 Å². The van der Waals surface area contributed by atoms with Gasteiger partial charge < -0.3 is 10.3 Å². The lowest BCUT2D eigenvalue weighted by molar-refractivity contribution is 0.386. The first-order valence-electron chi connectivity index (χ1n) is 9.16. The van der Waals surface area contributed by atoms with Crippen LogP contribution >= 0.6 is 0 Å². The molecule has 1 unspecified atom stereocenters. The number of aromatic nitrogens is 6. The van der Waals surface area contributed by atoms with E-state index in [1.165, 1.54) is 0 Å². The Bertz CT molecular complexity index is 1080. The summed E-state index contributed by atoms with van der Waals surface area (Å²) in [7, 11) is 0. The zero-order valence-corrected chi connectivity index (χ0v) is 15.3. The fourth-order valence-electron chi connectivity index (χ4n) is 3.56. The summed E-state index contributed by atoms with van der Waals surface area (Å²) in [6.07, 6.45) is 9.31. The Labute approximate surface area is 161 Å². The molecule has 0 amide bonds. The second-order valence-electron chi connectivity index (χ2n) is 7.29. The van der Waals surface area contributed by atoms with Gasteiger partial charge in [-0.25, -0.2) is 4.98 Å². The van der Waals surface area contributed by atoms with E-state index >= 15 is 0 Å². The van der Waals surface area contributed by atoms with E-state index in [9.17, 15) is 0 Å². The van der Waals surface area contributed by atoms with E-state index in [1.54, 1.807) is 24.7 Å². The Balaban J connectivity index is 1.50. The van der Waals surface area contributed by atoms with Crippen molar-refractivity contribution in [2.75, 3.05) is 5.73 Å². The van der Waals surface area contributed by atoms with Crippen LogP contribution in [-0.2, 0) is 5.41 Å². The molecule has 1 atom stereocenters. The Morgan fingerprint density at radius 3 is 2.61 bits per heavy atom. The molecular weight excluding hydrogens is 354 g/mol. The van der Waals surface area contributed by atoms with Gasteiger partial charge in [-0.1, -0.05) is 11.2 Å². The van der Waals surface area contributed by atoms with Gasteiger partial charge in [0.05, 0.1) is 22.9 Å². The summed E-state index contributed by atoms with van der Waals surface area (Å²) in [6, 6.07) is 7.78. The number of hydrogen-bond acceptors (Lipinski definition) is 7. The van der Waals surface area contributed by atoms with Crippen LogP contribution in [0.25, 0.3) is 22.7 Å². The number of nitrogen functional groups attached to an aromatic ring is 1. The molecule has 28 heavy (non-hydrogen) atoms. The van der Waals surface area contributed by atoms with Gasteiger partial charge in [0.2, 0.25) is 0 Å². The highest BCUT2D eigenvalue weighted by molar-refractivity contribution is 5.59. The molecule has 5 rings (SSSR count). The van der Waals surface area contributed by atoms with Gasteiger partial charge in [0.25, 0.3) is 5.89 Å². The van der Waals surface area contributed by atoms with Crippen LogP contribution < -0.4 is 5.73 Å². The lowest BCUT2D eigenvalue weighted by Gasteiger charge is -2.26. The van der Waals surface area contributed by atoms with Crippen LogP contribution in [0.2, 0.25) is 0 Å². The van der Waals surface area contributed by atoms with Crippen LogP contribution in [0.15, 0.2) is 53.6 Å². The molecule has 0 aliphatic heterocycles. The van der Waals surface area contributed by atoms with E-state index in [1.807, 2.05) is 18.3 Å². The van der Waals surface area contributed by atoms with Crippen molar-refractivity contribution in [3.63, 3.8) is 0 Å². The van der Waals surface area contributed by atoms with Crippen molar-refractivity contribution in [3.05, 3.63) is 60.4 Å². The number of hydrogen-bond donors (Lipinski definition) is 2. The highest BCUT2D eigenvalue weighted by atomic mass is 16.5. The normalized spacial score (nSPS) is 16.0. The minimum Gasteiger partial charge on any atom is -0.384 e. The molecule has 0 spiro atoms. The van der Waals surface area contributed by atoms with Gasteiger partial charge in [0.15, 0.2) is 5.82 Å². The molecule has 3 N–H and O–H groups in total. The molecule has 4 aromatic heterocycles. The minimum atomic E-state index is -0.351. The number of H-pyrrole nitrogens is 1. The predicted octanol–water partition coefficient (Wildman–Crippen LogP) is 3.21. The number of anilines is 1. The van der Waals surface area contributed by atoms with E-state index in [4.69, 9.17) is 10.3 Å². The molecule has 8 nitrogen and oxygen atoms in total. The van der Waals surface area contributed by atoms with Gasteiger partial charge in [-0.3, -0.25) is 10.1 Å². The summed E-state index contributed by atoms with van der Waals surface area (Å²) in [5.41, 5.74) is 8.94. The molecular formula is C20H19N7O. The average Bonchev–Trinajstić information content (AvgIpc) is 3.23. The van der Waals surface area contributed by atoms with E-state index in [0.29, 0.717) is 23.5 Å². The first kappa shape index (κ1) is 16.6. The van der Waals surface area contributed by atoms with Crippen molar-refractivity contribution in [1.82, 2.24) is 30.3 Å². The van der Waals surface area contributed by atoms with Crippen LogP contribution in [0, 0.1) is 5.92 Å². The molecule has 0 radical (unpaired) electrons. The van der Waals surface area contributed by atoms with Crippen molar-refractivity contribution in [3.8, 4) is 22.7 Å². The van der Waals surface area contributed by atoms with Crippen LogP contribution in [0.4, 0.5) is 5.82 Å². The Hall–Kier alpha value is -3.55. The SMILES string of the molecule is CC(c1ccc(-c2ccc(N)nc2)nc1)(c1noc(-c2cn[nH]c2)n1)C1CC1. The van der Waals surface area contributed by atoms with E-state index in [2.05, 4.69) is 43.3 Å². The van der Waals surface area contributed by atoms with Crippen molar-refractivity contribution in [1.29, 1.82) is 0 Å². The average molecular weight is 373 g/mol. The van der Waals surface area contributed by atoms with Gasteiger partial charge in [0, 0.05) is 24.2 Å². The zero-order chi connectivity index (χ0) is 19.1. The monoisotopic (exact) mass is 373 g/mol. The number of aromatic amines is 1. The Morgan fingerprint density at radius 2 is 1.96 bits per heavy atom. The number of nitrogens with one attached hydrogen (secondary N) is 1. The summed E-state index contributed by atoms with van der Waals surface area (Å²) in [4.78, 5) is 13.5. The van der Waals surface area contributed by atoms with E-state index < -0.39 is 0 Å². The Kier molecular flexibility index (Phi) is 3.71. The molecule has 0 saturated heterocycles. The predicted molar refractivity (Wildman–Crippen MR) is 103 cm³/mol. The van der Waals surface area contributed by atoms with E-state index in [0.717, 1.165) is 35.2 Å². The van der Waals surface area contributed by atoms with Gasteiger partial charge in [-0.05, 0) is 49.4 Å². The fraction of sp³-hybridized carbons (Fsp3) is 0.250. The quantitative estimate of drug-likeness (QED) is 0.551. The van der Waals surface area contributed by atoms with Crippen LogP contribution in [0.1, 0.15) is 31.2 Å². The molecule has 0 aromatic carbocycles. The van der Waals surface area contributed by atoms with Crippen LogP contribution in [0.5, 0.6) is 0 Å². The summed E-state index contributed by atoms with van der Waals surface area (Å²) in [5, 5.41) is 11.0. The lowest BCUT2D eigenvalue weighted by Crippen LogP contribution is -2.28. The first-order valence-corrected chi connectivity index (χ1v) is 9.16. The van der Waals surface area contributed by atoms with Crippen LogP contribution in [0.3, 0.4) is 0 Å². The van der Waals surface area contributed by atoms with E-state index in [-0.39, 0.29) is 5.41 Å². The van der Waals surface area contributed by atoms with Crippen molar-refractivity contribution in [2.45, 2.75) is 25.2 Å². The molecule has 1 fully saturated rings. The summed E-state index contributed by atoms with van der Waals surface area (Å²) < 4.78 is 5.50. The minimum absolute atomic E-state index is 0.351. The van der Waals surface area contributed by atoms with Gasteiger partial charge in [-0.2, -0.15) is 10.1 Å². The summed E-state index contributed by atoms with van der Waals surface area (Å²) in [5.74, 6) is 2.10. The maximum atomic E-state index is 5.67. The summed E-state index contributed by atoms with van der Waals surface area (Å²) >= 11 is 0. The second kappa shape index (κ2) is 6.26. The maximum Gasteiger partial charge on any atom is 0.261 e. The van der Waals surface area contributed by atoms with Gasteiger partial charge in [0.1, 0.15) is 5.82 Å². The zero-order valence-electron chi connectivity index (χ0n) is 15.3. The topological polar surface area (TPSA) is 119 Å². The number of rotatable bonds is 5. The third kappa shape index (κ3) is 2.74. The molecule has 8 heteroatoms. The molecule has 140 valence electrons. The molecule has 1 aliphatic rings. The smallest absolute Gasteiger partial charge is 0.261 e. The number of pyridine rings is 2. The van der Waals surface area contributed by atoms with Crippen molar-refractivity contribution >= 4 is 5.82 Å². The molecule has 0 bridgehead atoms. The first-order chi connectivity index (χ1) is 13.6. The molecule has 1 saturated carbocycles. The number of nitrogens with two attached hydrogens (primary N) is 1. The number of nitrogens with zero attached hydrogens (tertiary/aromatic N) is 5. The standard InChI is InChI=1S/C20H19N7O/c1-20(14-3-4-14,19-26-18(28-27-19)13-9-24-25-10-13)15-5-6-16(22-11-15)12-2-7-17(21)23-8-12/h2,5-11,14H,3-4H2,1H3,(H2,21,23)(H,24,25). The third-order valence-electron chi connectivity index (χ3n) is 5.47. The maximum absolute atomic E-state index is 5.67. The molecule has 4 heterocycles. The largest absolute Gasteiger partial charge is 0.384 e. The van der Waals surface area contributed by atoms with Crippen molar-refractivity contribution < 1.29 is 4.52 Å². The molecule has 4 aromatic rings. The van der Waals surface area contributed by atoms with Gasteiger partial charge >= 0.3 is 0 Å². The second-order valence-corrected chi connectivity index (χ2v) is 7.29. The lowest BCUT2D eigenvalue weighted by atomic mass is 9.77. The fourth-order valence-corrected chi connectivity index (χ4v) is 3.56. The highest BCUT2D eigenvalue weighted by Crippen LogP contribution is 2.50. The highest BCUT2D eigenvalue weighted by Gasteiger charge is 2.47. The van der Waals surface area contributed by atoms with Crippen molar-refractivity contribution in [2.24, 2.45) is 5.92 Å². The molecule has 1 aliphatic carbocycles. The summed E-state index contributed by atoms with van der Waals surface area (Å²) in [6.45, 7) is 2.16.